The van der Waals surface area contributed by atoms with E-state index >= 15 is 0 Å². The van der Waals surface area contributed by atoms with Crippen LogP contribution in [0.3, 0.4) is 0 Å². The fourth-order valence-electron chi connectivity index (χ4n) is 1.67. The number of rotatable bonds is 9. The average Bonchev–Trinajstić information content (AvgIpc) is 2.38. The Kier molecular flexibility index (Phi) is 7.94. The monoisotopic (exact) mass is 312 g/mol. The van der Waals surface area contributed by atoms with Crippen LogP contribution in [0.4, 0.5) is 0 Å². The third-order valence-corrected chi connectivity index (χ3v) is 3.28. The minimum Gasteiger partial charge on any atom is -0.381 e. The Morgan fingerprint density at radius 3 is 2.44 bits per heavy atom. The summed E-state index contributed by atoms with van der Waals surface area (Å²) in [5.74, 6) is 0.194. The molecule has 0 aliphatic rings. The van der Waals surface area contributed by atoms with Crippen molar-refractivity contribution in [1.29, 1.82) is 0 Å². The fourth-order valence-corrected chi connectivity index (χ4v) is 1.94. The van der Waals surface area contributed by atoms with Gasteiger partial charge in [-0.3, -0.25) is 4.79 Å². The number of unbranched alkanes of at least 4 members (excludes halogenated alkanes) is 2. The quantitative estimate of drug-likeness (QED) is 0.491. The molecule has 0 aliphatic heterocycles. The van der Waals surface area contributed by atoms with Crippen molar-refractivity contribution < 1.29 is 9.53 Å². The average molecular weight is 313 g/mol. The summed E-state index contributed by atoms with van der Waals surface area (Å²) in [6.45, 7) is 3.68. The molecule has 100 valence electrons. The van der Waals surface area contributed by atoms with Crippen molar-refractivity contribution in [3.8, 4) is 0 Å². The summed E-state index contributed by atoms with van der Waals surface area (Å²) in [5, 5.41) is 0. The number of benzene rings is 1. The maximum atomic E-state index is 11.8. The molecule has 1 aromatic rings. The predicted octanol–water partition coefficient (Wildman–Crippen LogP) is 4.62. The standard InChI is InChI=1S/C15H21BrO2/c1-2-3-4-11-18-12-5-6-15(17)13-7-9-14(16)10-8-13/h7-10H,2-6,11-12H2,1H3. The maximum Gasteiger partial charge on any atom is 0.162 e. The highest BCUT2D eigenvalue weighted by Crippen LogP contribution is 2.12. The van der Waals surface area contributed by atoms with Crippen LogP contribution in [0.2, 0.25) is 0 Å². The first-order chi connectivity index (χ1) is 8.74. The molecule has 0 atom stereocenters. The summed E-state index contributed by atoms with van der Waals surface area (Å²) in [7, 11) is 0. The van der Waals surface area contributed by atoms with E-state index < -0.39 is 0 Å². The molecule has 1 aromatic carbocycles. The Morgan fingerprint density at radius 2 is 1.78 bits per heavy atom. The molecule has 0 heterocycles. The van der Waals surface area contributed by atoms with E-state index in [9.17, 15) is 4.79 Å². The first kappa shape index (κ1) is 15.4. The van der Waals surface area contributed by atoms with Gasteiger partial charge in [0.15, 0.2) is 5.78 Å². The topological polar surface area (TPSA) is 26.3 Å². The zero-order valence-corrected chi connectivity index (χ0v) is 12.5. The van der Waals surface area contributed by atoms with Crippen LogP contribution < -0.4 is 0 Å². The number of Topliss-reactive ketones (excluding diaryl/α,β-unsaturated/α-hetero) is 1. The zero-order chi connectivity index (χ0) is 13.2. The molecule has 0 N–H and O–H groups in total. The molecule has 0 fully saturated rings. The third kappa shape index (κ3) is 6.31. The third-order valence-electron chi connectivity index (χ3n) is 2.75. The summed E-state index contributed by atoms with van der Waals surface area (Å²) >= 11 is 3.36. The van der Waals surface area contributed by atoms with Crippen molar-refractivity contribution >= 4 is 21.7 Å². The second-order valence-corrected chi connectivity index (χ2v) is 5.27. The van der Waals surface area contributed by atoms with E-state index in [0.717, 1.165) is 29.5 Å². The van der Waals surface area contributed by atoms with Crippen LogP contribution in [-0.2, 0) is 4.74 Å². The Morgan fingerprint density at radius 1 is 1.11 bits per heavy atom. The normalized spacial score (nSPS) is 10.6. The van der Waals surface area contributed by atoms with Gasteiger partial charge >= 0.3 is 0 Å². The second kappa shape index (κ2) is 9.29. The number of halogens is 1. The van der Waals surface area contributed by atoms with Crippen molar-refractivity contribution in [3.63, 3.8) is 0 Å². The van der Waals surface area contributed by atoms with Gasteiger partial charge in [-0.1, -0.05) is 47.8 Å². The number of carbonyl (C=O) groups excluding carboxylic acids is 1. The molecule has 0 aromatic heterocycles. The van der Waals surface area contributed by atoms with E-state index in [1.165, 1.54) is 12.8 Å². The van der Waals surface area contributed by atoms with E-state index in [0.29, 0.717) is 13.0 Å². The SMILES string of the molecule is CCCCCOCCCC(=O)c1ccc(Br)cc1. The van der Waals surface area contributed by atoms with Gasteiger partial charge in [-0.25, -0.2) is 0 Å². The molecule has 0 aliphatic carbocycles. The summed E-state index contributed by atoms with van der Waals surface area (Å²) in [5.41, 5.74) is 0.782. The van der Waals surface area contributed by atoms with E-state index in [1.54, 1.807) is 0 Å². The van der Waals surface area contributed by atoms with Crippen LogP contribution >= 0.6 is 15.9 Å². The lowest BCUT2D eigenvalue weighted by molar-refractivity contribution is 0.0934. The molecule has 0 spiro atoms. The second-order valence-electron chi connectivity index (χ2n) is 4.35. The minimum atomic E-state index is 0.194. The van der Waals surface area contributed by atoms with E-state index in [1.807, 2.05) is 24.3 Å². The largest absolute Gasteiger partial charge is 0.381 e. The van der Waals surface area contributed by atoms with Crippen molar-refractivity contribution in [2.45, 2.75) is 39.0 Å². The first-order valence-corrected chi connectivity index (χ1v) is 7.40. The minimum absolute atomic E-state index is 0.194. The van der Waals surface area contributed by atoms with E-state index in [4.69, 9.17) is 4.74 Å². The van der Waals surface area contributed by atoms with Crippen LogP contribution in [0.15, 0.2) is 28.7 Å². The van der Waals surface area contributed by atoms with Crippen LogP contribution in [0.25, 0.3) is 0 Å². The fraction of sp³-hybridized carbons (Fsp3) is 0.533. The van der Waals surface area contributed by atoms with Crippen LogP contribution in [0.5, 0.6) is 0 Å². The summed E-state index contributed by atoms with van der Waals surface area (Å²) in [6, 6.07) is 7.51. The van der Waals surface area contributed by atoms with Crippen molar-refractivity contribution in [2.24, 2.45) is 0 Å². The van der Waals surface area contributed by atoms with E-state index in [-0.39, 0.29) is 5.78 Å². The Balaban J connectivity index is 2.12. The lowest BCUT2D eigenvalue weighted by atomic mass is 10.1. The van der Waals surface area contributed by atoms with Gasteiger partial charge in [0.2, 0.25) is 0 Å². The number of hydrogen-bond donors (Lipinski definition) is 0. The van der Waals surface area contributed by atoms with Gasteiger partial charge in [0, 0.05) is 29.7 Å². The molecule has 3 heteroatoms. The maximum absolute atomic E-state index is 11.8. The molecule has 2 nitrogen and oxygen atoms in total. The smallest absolute Gasteiger partial charge is 0.162 e. The molecule has 1 rings (SSSR count). The highest BCUT2D eigenvalue weighted by Gasteiger charge is 2.04. The Bertz CT molecular complexity index is 346. The first-order valence-electron chi connectivity index (χ1n) is 6.60. The van der Waals surface area contributed by atoms with Crippen molar-refractivity contribution in [1.82, 2.24) is 0 Å². The molecule has 0 amide bonds. The molecule has 0 bridgehead atoms. The molecule has 0 saturated heterocycles. The highest BCUT2D eigenvalue weighted by atomic mass is 79.9. The summed E-state index contributed by atoms with van der Waals surface area (Å²) in [6.07, 6.45) is 4.93. The number of hydrogen-bond acceptors (Lipinski definition) is 2. The van der Waals surface area contributed by atoms with Crippen LogP contribution in [-0.4, -0.2) is 19.0 Å². The molecular weight excluding hydrogens is 292 g/mol. The predicted molar refractivity (Wildman–Crippen MR) is 78.1 cm³/mol. The number of ketones is 1. The number of ether oxygens (including phenoxy) is 1. The zero-order valence-electron chi connectivity index (χ0n) is 11.0. The number of carbonyl (C=O) groups is 1. The summed E-state index contributed by atoms with van der Waals surface area (Å²) < 4.78 is 6.48. The van der Waals surface area contributed by atoms with Gasteiger partial charge in [-0.15, -0.1) is 0 Å². The Hall–Kier alpha value is -0.670. The van der Waals surface area contributed by atoms with E-state index in [2.05, 4.69) is 22.9 Å². The lowest BCUT2D eigenvalue weighted by Gasteiger charge is -2.04. The molecule has 18 heavy (non-hydrogen) atoms. The van der Waals surface area contributed by atoms with Gasteiger partial charge < -0.3 is 4.74 Å². The highest BCUT2D eigenvalue weighted by molar-refractivity contribution is 9.10. The van der Waals surface area contributed by atoms with Gasteiger partial charge in [0.05, 0.1) is 0 Å². The molecular formula is C15H21BrO2. The van der Waals surface area contributed by atoms with Crippen molar-refractivity contribution in [3.05, 3.63) is 34.3 Å². The molecule has 0 saturated carbocycles. The molecule has 0 radical (unpaired) electrons. The lowest BCUT2D eigenvalue weighted by Crippen LogP contribution is -2.03. The van der Waals surface area contributed by atoms with Gasteiger partial charge in [0.1, 0.15) is 0 Å². The molecule has 0 unspecified atom stereocenters. The van der Waals surface area contributed by atoms with Crippen LogP contribution in [0, 0.1) is 0 Å². The van der Waals surface area contributed by atoms with Crippen LogP contribution in [0.1, 0.15) is 49.4 Å². The Labute approximate surface area is 118 Å². The van der Waals surface area contributed by atoms with Gasteiger partial charge in [-0.2, -0.15) is 0 Å². The summed E-state index contributed by atoms with van der Waals surface area (Å²) in [4.78, 5) is 11.8. The van der Waals surface area contributed by atoms with Crippen molar-refractivity contribution in [2.75, 3.05) is 13.2 Å². The van der Waals surface area contributed by atoms with Gasteiger partial charge in [-0.05, 0) is 25.0 Å². The van der Waals surface area contributed by atoms with Gasteiger partial charge in [0.25, 0.3) is 0 Å².